The standard InChI is InChI=1S/C21H30N4O2S/c1-3-22-21(28)25(12-11-24-9-5-6-10-24)15-17-13-16-14-18(27-4-2)7-8-19(16)23-20(17)26/h7-8,13-14H,3-6,9-12,15H2,1-2H3,(H,22,28)(H,23,26)/p+1. The van der Waals surface area contributed by atoms with Crippen LogP contribution in [0.4, 0.5) is 0 Å². The fourth-order valence-electron chi connectivity index (χ4n) is 3.74. The first kappa shape index (κ1) is 20.6. The predicted molar refractivity (Wildman–Crippen MR) is 117 cm³/mol. The molecule has 2 aromatic rings. The molecule has 6 nitrogen and oxygen atoms in total. The quantitative estimate of drug-likeness (QED) is 0.580. The number of quaternary nitrogens is 1. The van der Waals surface area contributed by atoms with Crippen LogP contribution < -0.4 is 20.5 Å². The van der Waals surface area contributed by atoms with Crippen molar-refractivity contribution < 1.29 is 9.64 Å². The van der Waals surface area contributed by atoms with Crippen LogP contribution >= 0.6 is 12.2 Å². The second-order valence-electron chi connectivity index (χ2n) is 7.27. The molecule has 3 rings (SSSR count). The third-order valence-electron chi connectivity index (χ3n) is 5.23. The first-order valence-corrected chi connectivity index (χ1v) is 10.7. The van der Waals surface area contributed by atoms with Gasteiger partial charge in [0.15, 0.2) is 5.11 Å². The van der Waals surface area contributed by atoms with Crippen molar-refractivity contribution in [3.8, 4) is 5.75 Å². The molecule has 1 aliphatic heterocycles. The Morgan fingerprint density at radius 3 is 2.79 bits per heavy atom. The summed E-state index contributed by atoms with van der Waals surface area (Å²) in [5.74, 6) is 0.811. The van der Waals surface area contributed by atoms with Gasteiger partial charge in [0.05, 0.1) is 39.3 Å². The van der Waals surface area contributed by atoms with Crippen LogP contribution in [0.1, 0.15) is 32.3 Å². The molecular formula is C21H31N4O2S+. The fraction of sp³-hybridized carbons (Fsp3) is 0.524. The van der Waals surface area contributed by atoms with Gasteiger partial charge < -0.3 is 24.8 Å². The van der Waals surface area contributed by atoms with E-state index in [4.69, 9.17) is 17.0 Å². The lowest BCUT2D eigenvalue weighted by atomic mass is 10.1. The monoisotopic (exact) mass is 403 g/mol. The number of aromatic nitrogens is 1. The molecule has 0 unspecified atom stereocenters. The van der Waals surface area contributed by atoms with Gasteiger partial charge in [0.1, 0.15) is 5.75 Å². The van der Waals surface area contributed by atoms with Gasteiger partial charge in [-0.1, -0.05) is 0 Å². The molecule has 2 heterocycles. The lowest BCUT2D eigenvalue weighted by molar-refractivity contribution is -0.886. The van der Waals surface area contributed by atoms with E-state index in [1.54, 1.807) is 4.90 Å². The van der Waals surface area contributed by atoms with Gasteiger partial charge in [0.2, 0.25) is 0 Å². The molecule has 28 heavy (non-hydrogen) atoms. The number of rotatable bonds is 8. The fourth-order valence-corrected chi connectivity index (χ4v) is 4.04. The molecule has 0 spiro atoms. The van der Waals surface area contributed by atoms with Crippen LogP contribution in [-0.2, 0) is 6.54 Å². The molecule has 7 heteroatoms. The van der Waals surface area contributed by atoms with Crippen LogP contribution in [0.2, 0.25) is 0 Å². The zero-order valence-electron chi connectivity index (χ0n) is 16.8. The maximum Gasteiger partial charge on any atom is 0.253 e. The van der Waals surface area contributed by atoms with Crippen molar-refractivity contribution in [2.75, 3.05) is 39.3 Å². The maximum atomic E-state index is 12.6. The van der Waals surface area contributed by atoms with E-state index in [1.807, 2.05) is 38.1 Å². The number of likely N-dealkylation sites (tertiary alicyclic amines) is 1. The highest BCUT2D eigenvalue weighted by Gasteiger charge is 2.19. The van der Waals surface area contributed by atoms with Crippen molar-refractivity contribution >= 4 is 28.2 Å². The third-order valence-corrected chi connectivity index (χ3v) is 5.63. The topological polar surface area (TPSA) is 61.8 Å². The number of aromatic amines is 1. The molecule has 0 amide bonds. The summed E-state index contributed by atoms with van der Waals surface area (Å²) >= 11 is 5.58. The van der Waals surface area contributed by atoms with Crippen LogP contribution in [0, 0.1) is 0 Å². The second kappa shape index (κ2) is 9.89. The van der Waals surface area contributed by atoms with E-state index in [2.05, 4.69) is 15.2 Å². The Hall–Kier alpha value is -2.12. The summed E-state index contributed by atoms with van der Waals surface area (Å²) in [6.45, 7) is 10.3. The third kappa shape index (κ3) is 5.23. The minimum atomic E-state index is -0.0607. The number of hydrogen-bond donors (Lipinski definition) is 3. The first-order valence-electron chi connectivity index (χ1n) is 10.3. The molecule has 3 N–H and O–H groups in total. The molecule has 1 aromatic carbocycles. The second-order valence-corrected chi connectivity index (χ2v) is 7.66. The predicted octanol–water partition coefficient (Wildman–Crippen LogP) is 1.30. The van der Waals surface area contributed by atoms with Crippen molar-refractivity contribution in [3.63, 3.8) is 0 Å². The minimum absolute atomic E-state index is 0.0607. The van der Waals surface area contributed by atoms with E-state index >= 15 is 0 Å². The average molecular weight is 404 g/mol. The molecular weight excluding hydrogens is 372 g/mol. The molecule has 1 saturated heterocycles. The number of hydrogen-bond acceptors (Lipinski definition) is 3. The van der Waals surface area contributed by atoms with E-state index in [0.29, 0.717) is 18.3 Å². The number of H-pyrrole nitrogens is 1. The molecule has 1 aliphatic rings. The zero-order valence-corrected chi connectivity index (χ0v) is 17.7. The molecule has 1 fully saturated rings. The summed E-state index contributed by atoms with van der Waals surface area (Å²) in [6.07, 6.45) is 2.61. The number of nitrogens with one attached hydrogen (secondary N) is 3. The van der Waals surface area contributed by atoms with Crippen molar-refractivity contribution in [3.05, 3.63) is 40.2 Å². The summed E-state index contributed by atoms with van der Waals surface area (Å²) in [6, 6.07) is 7.71. The Morgan fingerprint density at radius 2 is 2.07 bits per heavy atom. The Balaban J connectivity index is 1.80. The number of benzene rings is 1. The molecule has 0 atom stereocenters. The van der Waals surface area contributed by atoms with Gasteiger partial charge in [0, 0.05) is 35.9 Å². The Bertz CT molecular complexity index is 861. The smallest absolute Gasteiger partial charge is 0.253 e. The van der Waals surface area contributed by atoms with Gasteiger partial charge in [0.25, 0.3) is 5.56 Å². The van der Waals surface area contributed by atoms with Gasteiger partial charge in [-0.15, -0.1) is 0 Å². The molecule has 0 bridgehead atoms. The Labute approximate surface area is 171 Å². The summed E-state index contributed by atoms with van der Waals surface area (Å²) in [4.78, 5) is 19.4. The van der Waals surface area contributed by atoms with Gasteiger partial charge in [-0.05, 0) is 50.3 Å². The minimum Gasteiger partial charge on any atom is -0.494 e. The highest BCUT2D eigenvalue weighted by molar-refractivity contribution is 7.80. The number of nitrogens with zero attached hydrogens (tertiary/aromatic N) is 1. The zero-order chi connectivity index (χ0) is 19.9. The van der Waals surface area contributed by atoms with Crippen LogP contribution in [0.3, 0.4) is 0 Å². The number of fused-ring (bicyclic) bond motifs is 1. The highest BCUT2D eigenvalue weighted by Crippen LogP contribution is 2.19. The molecule has 1 aromatic heterocycles. The maximum absolute atomic E-state index is 12.6. The van der Waals surface area contributed by atoms with E-state index in [9.17, 15) is 4.79 Å². The number of ether oxygens (including phenoxy) is 1. The normalized spacial score (nSPS) is 14.4. The Kier molecular flexibility index (Phi) is 7.28. The van der Waals surface area contributed by atoms with Crippen LogP contribution in [-0.4, -0.2) is 54.3 Å². The van der Waals surface area contributed by atoms with E-state index in [1.165, 1.54) is 25.9 Å². The Morgan fingerprint density at radius 1 is 1.29 bits per heavy atom. The average Bonchev–Trinajstić information content (AvgIpc) is 3.19. The van der Waals surface area contributed by atoms with Crippen molar-refractivity contribution in [2.24, 2.45) is 0 Å². The van der Waals surface area contributed by atoms with Gasteiger partial charge >= 0.3 is 0 Å². The van der Waals surface area contributed by atoms with Gasteiger partial charge in [-0.2, -0.15) is 0 Å². The first-order chi connectivity index (χ1) is 13.6. The number of thiocarbonyl (C=S) groups is 1. The van der Waals surface area contributed by atoms with Crippen molar-refractivity contribution in [2.45, 2.75) is 33.2 Å². The summed E-state index contributed by atoms with van der Waals surface area (Å²) in [7, 11) is 0. The van der Waals surface area contributed by atoms with Crippen molar-refractivity contribution in [1.29, 1.82) is 0 Å². The summed E-state index contributed by atoms with van der Waals surface area (Å²) < 4.78 is 5.59. The molecule has 152 valence electrons. The largest absolute Gasteiger partial charge is 0.494 e. The lowest BCUT2D eigenvalue weighted by Gasteiger charge is -2.26. The summed E-state index contributed by atoms with van der Waals surface area (Å²) in [5, 5.41) is 4.92. The van der Waals surface area contributed by atoms with Crippen LogP contribution in [0.25, 0.3) is 10.9 Å². The molecule has 0 radical (unpaired) electrons. The van der Waals surface area contributed by atoms with E-state index in [-0.39, 0.29) is 5.56 Å². The molecule has 0 aliphatic carbocycles. The van der Waals surface area contributed by atoms with Gasteiger partial charge in [-0.25, -0.2) is 0 Å². The highest BCUT2D eigenvalue weighted by atomic mass is 32.1. The van der Waals surface area contributed by atoms with Crippen LogP contribution in [0.15, 0.2) is 29.1 Å². The van der Waals surface area contributed by atoms with Crippen LogP contribution in [0.5, 0.6) is 5.75 Å². The van der Waals surface area contributed by atoms with E-state index in [0.717, 1.165) is 41.9 Å². The van der Waals surface area contributed by atoms with Crippen molar-refractivity contribution in [1.82, 2.24) is 15.2 Å². The summed E-state index contributed by atoms with van der Waals surface area (Å²) in [5.41, 5.74) is 1.48. The molecule has 0 saturated carbocycles. The lowest BCUT2D eigenvalue weighted by Crippen LogP contribution is -3.10. The SMILES string of the molecule is CCNC(=S)N(CC[NH+]1CCCC1)Cc1cc2cc(OCC)ccc2[nH]c1=O. The van der Waals surface area contributed by atoms with Gasteiger partial charge in [-0.3, -0.25) is 4.79 Å². The number of pyridine rings is 1. The van der Waals surface area contributed by atoms with E-state index < -0.39 is 0 Å².